The highest BCUT2D eigenvalue weighted by atomic mass is 35.5. The van der Waals surface area contributed by atoms with Crippen molar-refractivity contribution in [3.63, 3.8) is 0 Å². The Morgan fingerprint density at radius 1 is 0.805 bits per heavy atom. The topological polar surface area (TPSA) is 73.0 Å². The fraction of sp³-hybridized carbons (Fsp3) is 0.364. The molecule has 0 radical (unpaired) electrons. The summed E-state index contributed by atoms with van der Waals surface area (Å²) in [7, 11) is 0. The summed E-state index contributed by atoms with van der Waals surface area (Å²) in [6.07, 6.45) is 3.53. The molecule has 3 aromatic carbocycles. The van der Waals surface area contributed by atoms with Crippen LogP contribution < -0.4 is 10.2 Å². The molecule has 1 N–H and O–H groups in total. The number of unbranched alkanes of at least 4 members (excludes halogenated alkanes) is 2. The number of rotatable bonds is 13. The molecule has 0 spiro atoms. The molecule has 3 aromatic rings. The van der Waals surface area contributed by atoms with Crippen molar-refractivity contribution >= 4 is 46.4 Å². The van der Waals surface area contributed by atoms with E-state index in [4.69, 9.17) is 11.6 Å². The summed E-state index contributed by atoms with van der Waals surface area (Å²) in [5.74, 6) is -0.313. The van der Waals surface area contributed by atoms with Gasteiger partial charge in [0.2, 0.25) is 5.91 Å². The summed E-state index contributed by atoms with van der Waals surface area (Å²) in [5.41, 5.74) is 2.81. The number of benzene rings is 3. The van der Waals surface area contributed by atoms with Crippen LogP contribution in [-0.4, -0.2) is 60.2 Å². The summed E-state index contributed by atoms with van der Waals surface area (Å²) < 4.78 is 0. The van der Waals surface area contributed by atoms with Crippen molar-refractivity contribution in [1.82, 2.24) is 9.80 Å². The van der Waals surface area contributed by atoms with Gasteiger partial charge in [-0.05, 0) is 81.4 Å². The Hall–Kier alpha value is -3.68. The van der Waals surface area contributed by atoms with Gasteiger partial charge in [-0.2, -0.15) is 0 Å². The van der Waals surface area contributed by atoms with Gasteiger partial charge < -0.3 is 15.1 Å². The molecular weight excluding hydrogens is 536 g/mol. The van der Waals surface area contributed by atoms with Gasteiger partial charge in [0.15, 0.2) is 0 Å². The molecule has 216 valence electrons. The molecule has 0 fully saturated rings. The van der Waals surface area contributed by atoms with Gasteiger partial charge in [0, 0.05) is 30.1 Å². The lowest BCUT2D eigenvalue weighted by molar-refractivity contribution is -0.118. The van der Waals surface area contributed by atoms with E-state index in [-0.39, 0.29) is 17.7 Å². The Kier molecular flexibility index (Phi) is 10.9. The average Bonchev–Trinajstić information content (AvgIpc) is 3.11. The molecule has 41 heavy (non-hydrogen) atoms. The second kappa shape index (κ2) is 14.8. The molecule has 0 aliphatic carbocycles. The molecule has 0 saturated heterocycles. The highest BCUT2D eigenvalue weighted by molar-refractivity contribution is 6.31. The quantitative estimate of drug-likeness (QED) is 0.223. The van der Waals surface area contributed by atoms with Crippen LogP contribution in [0.25, 0.3) is 0 Å². The van der Waals surface area contributed by atoms with E-state index < -0.39 is 0 Å². The molecule has 4 rings (SSSR count). The zero-order chi connectivity index (χ0) is 29.2. The van der Waals surface area contributed by atoms with Gasteiger partial charge in [0.05, 0.1) is 22.6 Å². The van der Waals surface area contributed by atoms with Gasteiger partial charge in [-0.1, -0.05) is 62.2 Å². The van der Waals surface area contributed by atoms with Crippen LogP contribution in [0.2, 0.25) is 5.02 Å². The number of nitrogens with zero attached hydrogens (tertiary/aromatic N) is 3. The number of carbonyl (C=O) groups excluding carboxylic acids is 3. The fourth-order valence-corrected chi connectivity index (χ4v) is 5.39. The van der Waals surface area contributed by atoms with Crippen molar-refractivity contribution in [3.05, 3.63) is 88.9 Å². The first-order valence-electron chi connectivity index (χ1n) is 14.5. The Labute approximate surface area is 248 Å². The Morgan fingerprint density at radius 3 is 2.27 bits per heavy atom. The van der Waals surface area contributed by atoms with Crippen LogP contribution in [0.1, 0.15) is 66.7 Å². The van der Waals surface area contributed by atoms with Gasteiger partial charge in [-0.3, -0.25) is 19.3 Å². The highest BCUT2D eigenvalue weighted by Gasteiger charge is 2.29. The zero-order valence-electron chi connectivity index (χ0n) is 23.9. The average molecular weight is 575 g/mol. The summed E-state index contributed by atoms with van der Waals surface area (Å²) in [6.45, 7) is 8.62. The monoisotopic (exact) mass is 574 g/mol. The van der Waals surface area contributed by atoms with E-state index in [1.165, 1.54) is 0 Å². The minimum Gasteiger partial charge on any atom is -0.339 e. The lowest BCUT2D eigenvalue weighted by Crippen LogP contribution is -2.35. The third-order valence-electron chi connectivity index (χ3n) is 7.51. The van der Waals surface area contributed by atoms with E-state index >= 15 is 0 Å². The standard InChI is InChI=1S/C33H39ClN4O3/c1-3-36(4-2)21-13-23-37(33(41)25-14-7-5-8-15-25)22-12-6-9-18-31(39)38-29-17-11-10-16-27(29)32(40)35-28-24-26(34)19-20-30(28)38/h5,7-8,10-11,14-17,19-20,24H,3-4,6,9,12-13,18,21-23H2,1-2H3,(H,35,40). The van der Waals surface area contributed by atoms with Crippen LogP contribution in [0.4, 0.5) is 17.1 Å². The molecule has 0 aromatic heterocycles. The molecule has 0 bridgehead atoms. The fourth-order valence-electron chi connectivity index (χ4n) is 5.22. The molecule has 0 atom stereocenters. The molecule has 7 nitrogen and oxygen atoms in total. The van der Waals surface area contributed by atoms with Crippen LogP contribution in [-0.2, 0) is 4.79 Å². The molecule has 0 saturated carbocycles. The van der Waals surface area contributed by atoms with Crippen LogP contribution >= 0.6 is 11.6 Å². The van der Waals surface area contributed by atoms with E-state index in [9.17, 15) is 14.4 Å². The molecule has 0 unspecified atom stereocenters. The number of hydrogen-bond donors (Lipinski definition) is 1. The summed E-state index contributed by atoms with van der Waals surface area (Å²) in [4.78, 5) is 45.7. The smallest absolute Gasteiger partial charge is 0.257 e. The number of hydrogen-bond acceptors (Lipinski definition) is 4. The van der Waals surface area contributed by atoms with Crippen molar-refractivity contribution in [1.29, 1.82) is 0 Å². The van der Waals surface area contributed by atoms with Gasteiger partial charge in [-0.15, -0.1) is 0 Å². The predicted octanol–water partition coefficient (Wildman–Crippen LogP) is 7.01. The molecular formula is C33H39ClN4O3. The molecule has 3 amide bonds. The number of amides is 3. The largest absolute Gasteiger partial charge is 0.339 e. The van der Waals surface area contributed by atoms with Crippen molar-refractivity contribution in [2.24, 2.45) is 0 Å². The lowest BCUT2D eigenvalue weighted by atomic mass is 10.1. The third-order valence-corrected chi connectivity index (χ3v) is 7.75. The first kappa shape index (κ1) is 30.3. The Bertz CT molecular complexity index is 1340. The first-order valence-corrected chi connectivity index (χ1v) is 14.9. The van der Waals surface area contributed by atoms with Crippen molar-refractivity contribution < 1.29 is 14.4 Å². The van der Waals surface area contributed by atoms with E-state index in [0.717, 1.165) is 38.9 Å². The van der Waals surface area contributed by atoms with Gasteiger partial charge >= 0.3 is 0 Å². The normalized spacial score (nSPS) is 12.4. The highest BCUT2D eigenvalue weighted by Crippen LogP contribution is 2.39. The first-order chi connectivity index (χ1) is 19.9. The minimum absolute atomic E-state index is 0.0508. The SMILES string of the molecule is CCN(CC)CCCN(CCCCCC(=O)N1c2ccc(Cl)cc2NC(=O)c2ccccc21)C(=O)c1ccccc1. The molecule has 1 heterocycles. The van der Waals surface area contributed by atoms with Gasteiger partial charge in [0.1, 0.15) is 0 Å². The predicted molar refractivity (Wildman–Crippen MR) is 166 cm³/mol. The van der Waals surface area contributed by atoms with Crippen LogP contribution in [0.3, 0.4) is 0 Å². The number of nitrogens with one attached hydrogen (secondary N) is 1. The maximum absolute atomic E-state index is 13.6. The van der Waals surface area contributed by atoms with E-state index in [1.54, 1.807) is 41.3 Å². The minimum atomic E-state index is -0.274. The summed E-state index contributed by atoms with van der Waals surface area (Å²) in [5, 5.41) is 3.37. The summed E-state index contributed by atoms with van der Waals surface area (Å²) in [6, 6.07) is 21.7. The number of para-hydroxylation sites is 1. The maximum atomic E-state index is 13.6. The number of fused-ring (bicyclic) bond motifs is 2. The van der Waals surface area contributed by atoms with Crippen LogP contribution in [0.15, 0.2) is 72.8 Å². The van der Waals surface area contributed by atoms with Crippen LogP contribution in [0, 0.1) is 0 Å². The second-order valence-corrected chi connectivity index (χ2v) is 10.6. The van der Waals surface area contributed by atoms with Crippen molar-refractivity contribution in [2.75, 3.05) is 42.9 Å². The van der Waals surface area contributed by atoms with Gasteiger partial charge in [0.25, 0.3) is 11.8 Å². The third kappa shape index (κ3) is 7.75. The molecule has 1 aliphatic heterocycles. The van der Waals surface area contributed by atoms with E-state index in [2.05, 4.69) is 24.1 Å². The Balaban J connectivity index is 1.38. The Morgan fingerprint density at radius 2 is 1.51 bits per heavy atom. The van der Waals surface area contributed by atoms with Crippen molar-refractivity contribution in [3.8, 4) is 0 Å². The summed E-state index contributed by atoms with van der Waals surface area (Å²) >= 11 is 6.20. The molecule has 1 aliphatic rings. The zero-order valence-corrected chi connectivity index (χ0v) is 24.7. The number of anilines is 3. The maximum Gasteiger partial charge on any atom is 0.257 e. The lowest BCUT2D eigenvalue weighted by Gasteiger charge is -2.25. The number of carbonyl (C=O) groups is 3. The van der Waals surface area contributed by atoms with Crippen LogP contribution in [0.5, 0.6) is 0 Å². The van der Waals surface area contributed by atoms with E-state index in [0.29, 0.717) is 59.1 Å². The van der Waals surface area contributed by atoms with E-state index in [1.807, 2.05) is 41.3 Å². The van der Waals surface area contributed by atoms with Gasteiger partial charge in [-0.25, -0.2) is 0 Å². The molecule has 8 heteroatoms. The second-order valence-electron chi connectivity index (χ2n) is 10.2. The number of halogens is 1. The van der Waals surface area contributed by atoms with Crippen molar-refractivity contribution in [2.45, 2.75) is 46.0 Å².